The summed E-state index contributed by atoms with van der Waals surface area (Å²) in [5.41, 5.74) is 0. The van der Waals surface area contributed by atoms with Gasteiger partial charge in [0, 0.05) is 25.7 Å². The van der Waals surface area contributed by atoms with E-state index in [1.54, 1.807) is 0 Å². The second-order valence-electron chi connectivity index (χ2n) is 6.58. The van der Waals surface area contributed by atoms with Crippen LogP contribution in [0.3, 0.4) is 0 Å². The van der Waals surface area contributed by atoms with Crippen molar-refractivity contribution < 1.29 is 53.0 Å². The lowest BCUT2D eigenvalue weighted by Crippen LogP contribution is -2.35. The number of imide groups is 1. The molecule has 174 valence electrons. The van der Waals surface area contributed by atoms with Crippen LogP contribution in [0.25, 0.3) is 0 Å². The lowest BCUT2D eigenvalue weighted by molar-refractivity contribution is -0.221. The zero-order valence-corrected chi connectivity index (χ0v) is 17.0. The Morgan fingerprint density at radius 3 is 1.71 bits per heavy atom. The number of amides is 3. The summed E-state index contributed by atoms with van der Waals surface area (Å²) in [5, 5.41) is 10.6. The van der Waals surface area contributed by atoms with Crippen LogP contribution in [0.4, 0.5) is 0 Å². The quantitative estimate of drug-likeness (QED) is 0.253. The van der Waals surface area contributed by atoms with E-state index < -0.39 is 35.9 Å². The molecule has 0 aliphatic carbocycles. The van der Waals surface area contributed by atoms with E-state index in [9.17, 15) is 29.1 Å². The average Bonchev–Trinajstić information content (AvgIpc) is 3.22. The molecule has 2 saturated heterocycles. The normalized spacial score (nSPS) is 18.7. The van der Waals surface area contributed by atoms with Gasteiger partial charge in [0.2, 0.25) is 0 Å². The van der Waals surface area contributed by atoms with Gasteiger partial charge < -0.3 is 29.0 Å². The summed E-state index contributed by atoms with van der Waals surface area (Å²) in [5.74, 6) is -2.92. The molecule has 3 amide bonds. The highest BCUT2D eigenvalue weighted by atomic mass is 16.7. The molecular weight excluding hydrogens is 420 g/mol. The summed E-state index contributed by atoms with van der Waals surface area (Å²) in [4.78, 5) is 66.6. The number of hydroxylamine groups is 4. The molecule has 31 heavy (non-hydrogen) atoms. The molecular formula is C18H26N2O11. The minimum atomic E-state index is -1.10. The second-order valence-corrected chi connectivity index (χ2v) is 6.58. The molecule has 0 aromatic heterocycles. The minimum Gasteiger partial charge on any atom is -0.378 e. The van der Waals surface area contributed by atoms with Gasteiger partial charge in [0.1, 0.15) is 0 Å². The van der Waals surface area contributed by atoms with Crippen LogP contribution in [-0.2, 0) is 47.9 Å². The fourth-order valence-corrected chi connectivity index (χ4v) is 2.57. The summed E-state index contributed by atoms with van der Waals surface area (Å²) in [6, 6.07) is 0. The first kappa shape index (κ1) is 24.7. The van der Waals surface area contributed by atoms with Crippen molar-refractivity contribution in [3.05, 3.63) is 0 Å². The maximum absolute atomic E-state index is 11.6. The molecule has 0 bridgehead atoms. The Balaban J connectivity index is 1.37. The van der Waals surface area contributed by atoms with Crippen LogP contribution in [0.5, 0.6) is 0 Å². The Hall–Kier alpha value is -2.61. The number of hydrogen-bond acceptors (Lipinski definition) is 11. The molecule has 2 aliphatic rings. The number of aliphatic hydroxyl groups excluding tert-OH is 1. The van der Waals surface area contributed by atoms with Crippen LogP contribution in [0.1, 0.15) is 38.5 Å². The smallest absolute Gasteiger partial charge is 0.335 e. The summed E-state index contributed by atoms with van der Waals surface area (Å²) >= 11 is 0. The van der Waals surface area contributed by atoms with Crippen LogP contribution in [-0.4, -0.2) is 90.8 Å². The van der Waals surface area contributed by atoms with Gasteiger partial charge in [-0.25, -0.2) is 9.59 Å². The highest BCUT2D eigenvalue weighted by Gasteiger charge is 2.33. The predicted octanol–water partition coefficient (Wildman–Crippen LogP) is -1.18. The molecule has 0 spiro atoms. The third-order valence-corrected chi connectivity index (χ3v) is 4.18. The van der Waals surface area contributed by atoms with Crippen molar-refractivity contribution in [3.63, 3.8) is 0 Å². The Kier molecular flexibility index (Phi) is 10.3. The van der Waals surface area contributed by atoms with Gasteiger partial charge in [-0.2, -0.15) is 0 Å². The van der Waals surface area contributed by atoms with Crippen molar-refractivity contribution in [1.82, 2.24) is 10.1 Å². The Morgan fingerprint density at radius 1 is 0.742 bits per heavy atom. The summed E-state index contributed by atoms with van der Waals surface area (Å²) < 4.78 is 15.7. The predicted molar refractivity (Wildman–Crippen MR) is 97.0 cm³/mol. The van der Waals surface area contributed by atoms with Gasteiger partial charge in [-0.1, -0.05) is 0 Å². The first-order valence-corrected chi connectivity index (χ1v) is 9.89. The number of rotatable bonds is 14. The molecule has 0 aromatic rings. The molecule has 2 fully saturated rings. The number of carbonyl (C=O) groups excluding carboxylic acids is 5. The number of nitrogens with zero attached hydrogens (tertiary/aromatic N) is 2. The Bertz CT molecular complexity index is 653. The van der Waals surface area contributed by atoms with E-state index in [0.717, 1.165) is 0 Å². The number of ether oxygens (including phenoxy) is 3. The summed E-state index contributed by atoms with van der Waals surface area (Å²) in [6.45, 7) is 1.06. The van der Waals surface area contributed by atoms with Crippen molar-refractivity contribution >= 4 is 29.7 Å². The van der Waals surface area contributed by atoms with Crippen molar-refractivity contribution in [2.75, 3.05) is 39.6 Å². The molecule has 2 rings (SSSR count). The van der Waals surface area contributed by atoms with Gasteiger partial charge in [0.05, 0.1) is 52.5 Å². The maximum Gasteiger partial charge on any atom is 0.335 e. The fourth-order valence-electron chi connectivity index (χ4n) is 2.57. The van der Waals surface area contributed by atoms with E-state index in [1.807, 2.05) is 0 Å². The zero-order chi connectivity index (χ0) is 22.6. The van der Waals surface area contributed by atoms with Crippen molar-refractivity contribution in [3.8, 4) is 0 Å². The standard InChI is InChI=1S/C18H26N2O11/c21-13-1-2-14(22)19(13)30-17(25)5-7-27-9-11-29-12-10-28-8-6-18(26)31-20-15(23)3-4-16(20)24/h13,21H,1-12H2. The number of hydrogen-bond donors (Lipinski definition) is 1. The van der Waals surface area contributed by atoms with Crippen LogP contribution < -0.4 is 0 Å². The van der Waals surface area contributed by atoms with E-state index in [2.05, 4.69) is 4.84 Å². The van der Waals surface area contributed by atoms with Gasteiger partial charge >= 0.3 is 11.9 Å². The minimum absolute atomic E-state index is 0.0392. The molecule has 1 N–H and O–H groups in total. The van der Waals surface area contributed by atoms with Crippen molar-refractivity contribution in [2.24, 2.45) is 0 Å². The molecule has 0 aromatic carbocycles. The van der Waals surface area contributed by atoms with Crippen LogP contribution >= 0.6 is 0 Å². The van der Waals surface area contributed by atoms with Gasteiger partial charge in [-0.15, -0.1) is 10.1 Å². The third-order valence-electron chi connectivity index (χ3n) is 4.18. The van der Waals surface area contributed by atoms with E-state index >= 15 is 0 Å². The van der Waals surface area contributed by atoms with Gasteiger partial charge in [-0.3, -0.25) is 14.4 Å². The van der Waals surface area contributed by atoms with Gasteiger partial charge in [0.25, 0.3) is 17.7 Å². The fraction of sp³-hybridized carbons (Fsp3) is 0.722. The Labute approximate surface area is 178 Å². The van der Waals surface area contributed by atoms with Crippen molar-refractivity contribution in [1.29, 1.82) is 0 Å². The van der Waals surface area contributed by atoms with E-state index in [4.69, 9.17) is 19.0 Å². The van der Waals surface area contributed by atoms with E-state index in [1.165, 1.54) is 0 Å². The molecule has 1 unspecified atom stereocenters. The van der Waals surface area contributed by atoms with E-state index in [0.29, 0.717) is 10.1 Å². The molecule has 13 nitrogen and oxygen atoms in total. The van der Waals surface area contributed by atoms with Crippen molar-refractivity contribution in [2.45, 2.75) is 44.8 Å². The summed E-state index contributed by atoms with van der Waals surface area (Å²) in [7, 11) is 0. The molecule has 0 radical (unpaired) electrons. The zero-order valence-electron chi connectivity index (χ0n) is 17.0. The number of carbonyl (C=O) groups is 5. The lowest BCUT2D eigenvalue weighted by atomic mass is 10.4. The highest BCUT2D eigenvalue weighted by Crippen LogP contribution is 2.17. The van der Waals surface area contributed by atoms with Gasteiger partial charge in [0.15, 0.2) is 6.23 Å². The first-order chi connectivity index (χ1) is 14.9. The largest absolute Gasteiger partial charge is 0.378 e. The molecule has 2 heterocycles. The van der Waals surface area contributed by atoms with Crippen LogP contribution in [0.15, 0.2) is 0 Å². The number of aliphatic hydroxyl groups is 1. The molecule has 0 saturated carbocycles. The molecule has 2 aliphatic heterocycles. The monoisotopic (exact) mass is 446 g/mol. The topological polar surface area (TPSA) is 158 Å². The second kappa shape index (κ2) is 12.9. The SMILES string of the molecule is O=C(CCOCCOCCOCCC(=O)ON1C(=O)CCC1O)ON1C(=O)CCC1=O. The Morgan fingerprint density at radius 2 is 1.23 bits per heavy atom. The van der Waals surface area contributed by atoms with Gasteiger partial charge in [-0.05, 0) is 0 Å². The molecule has 1 atom stereocenters. The maximum atomic E-state index is 11.6. The summed E-state index contributed by atoms with van der Waals surface area (Å²) in [6.07, 6.45) is -0.849. The molecule has 13 heteroatoms. The van der Waals surface area contributed by atoms with E-state index in [-0.39, 0.29) is 78.2 Å². The first-order valence-electron chi connectivity index (χ1n) is 9.89. The van der Waals surface area contributed by atoms with Crippen LogP contribution in [0, 0.1) is 0 Å². The average molecular weight is 446 g/mol. The highest BCUT2D eigenvalue weighted by molar-refractivity contribution is 6.01. The third kappa shape index (κ3) is 8.57. The lowest BCUT2D eigenvalue weighted by Gasteiger charge is -2.18. The van der Waals surface area contributed by atoms with Crippen LogP contribution in [0.2, 0.25) is 0 Å².